The minimum Gasteiger partial charge on any atom is -0.354 e. The maximum Gasteiger partial charge on any atom is 0.319 e. The molecule has 7 heteroatoms. The fourth-order valence-electron chi connectivity index (χ4n) is 4.87. The van der Waals surface area contributed by atoms with Crippen molar-refractivity contribution in [3.05, 3.63) is 90.2 Å². The van der Waals surface area contributed by atoms with E-state index in [0.29, 0.717) is 38.8 Å². The summed E-state index contributed by atoms with van der Waals surface area (Å²) >= 11 is 0. The summed E-state index contributed by atoms with van der Waals surface area (Å²) in [5, 5.41) is 6.65. The van der Waals surface area contributed by atoms with Crippen LogP contribution in [0.3, 0.4) is 0 Å². The standard InChI is InChI=1S/C29H29FN4O2/c30-21-11-13-26-25(19-21)24(28(33-26)20-7-3-1-4-8-20)12-14-27(35)34-17-15-23(16-18-34)32-29(36)31-22-9-5-2-6-10-22/h1-11,13,19,23,33H,12,14-18H2,(H2,31,32,36). The number of rotatable bonds is 6. The summed E-state index contributed by atoms with van der Waals surface area (Å²) in [5.74, 6) is -0.216. The van der Waals surface area contributed by atoms with E-state index in [1.54, 1.807) is 6.07 Å². The fourth-order valence-corrected chi connectivity index (χ4v) is 4.87. The second-order valence-corrected chi connectivity index (χ2v) is 9.15. The van der Waals surface area contributed by atoms with Crippen LogP contribution < -0.4 is 10.6 Å². The molecule has 1 aliphatic rings. The molecule has 6 nitrogen and oxygen atoms in total. The van der Waals surface area contributed by atoms with Gasteiger partial charge in [-0.15, -0.1) is 0 Å². The summed E-state index contributed by atoms with van der Waals surface area (Å²) in [6, 6.07) is 23.8. The van der Waals surface area contributed by atoms with E-state index in [4.69, 9.17) is 0 Å². The van der Waals surface area contributed by atoms with Gasteiger partial charge in [0.2, 0.25) is 5.91 Å². The first-order valence-electron chi connectivity index (χ1n) is 12.3. The lowest BCUT2D eigenvalue weighted by molar-refractivity contribution is -0.132. The smallest absolute Gasteiger partial charge is 0.319 e. The Kier molecular flexibility index (Phi) is 6.98. The Balaban J connectivity index is 1.19. The number of para-hydroxylation sites is 1. The number of aromatic amines is 1. The Labute approximate surface area is 209 Å². The number of hydrogen-bond acceptors (Lipinski definition) is 2. The van der Waals surface area contributed by atoms with Crippen LogP contribution in [0.1, 0.15) is 24.8 Å². The molecule has 1 saturated heterocycles. The first kappa shape index (κ1) is 23.6. The summed E-state index contributed by atoms with van der Waals surface area (Å²) in [6.07, 6.45) is 2.28. The van der Waals surface area contributed by atoms with Crippen molar-refractivity contribution in [1.82, 2.24) is 15.2 Å². The number of carbonyl (C=O) groups is 2. The van der Waals surface area contributed by atoms with E-state index >= 15 is 0 Å². The number of hydrogen-bond donors (Lipinski definition) is 3. The molecule has 3 amide bonds. The third-order valence-electron chi connectivity index (χ3n) is 6.73. The highest BCUT2D eigenvalue weighted by atomic mass is 19.1. The minimum absolute atomic E-state index is 0.0269. The van der Waals surface area contributed by atoms with Crippen LogP contribution in [0.2, 0.25) is 0 Å². The predicted octanol–water partition coefficient (Wildman–Crippen LogP) is 5.72. The van der Waals surface area contributed by atoms with E-state index < -0.39 is 0 Å². The molecule has 1 fully saturated rings. The zero-order chi connectivity index (χ0) is 24.9. The van der Waals surface area contributed by atoms with Crippen LogP contribution in [0.15, 0.2) is 78.9 Å². The normalized spacial score (nSPS) is 14.1. The molecular formula is C29H29FN4O2. The van der Waals surface area contributed by atoms with Crippen molar-refractivity contribution in [1.29, 1.82) is 0 Å². The van der Waals surface area contributed by atoms with Crippen LogP contribution in [0.4, 0.5) is 14.9 Å². The van der Waals surface area contributed by atoms with Crippen molar-refractivity contribution in [2.45, 2.75) is 31.7 Å². The van der Waals surface area contributed by atoms with Gasteiger partial charge >= 0.3 is 6.03 Å². The monoisotopic (exact) mass is 484 g/mol. The van der Waals surface area contributed by atoms with E-state index in [-0.39, 0.29) is 23.8 Å². The summed E-state index contributed by atoms with van der Waals surface area (Å²) < 4.78 is 14.0. The van der Waals surface area contributed by atoms with Gasteiger partial charge < -0.3 is 20.5 Å². The second kappa shape index (κ2) is 10.6. The van der Waals surface area contributed by atoms with Crippen molar-refractivity contribution in [2.24, 2.45) is 0 Å². The molecular weight excluding hydrogens is 455 g/mol. The number of piperidine rings is 1. The lowest BCUT2D eigenvalue weighted by Crippen LogP contribution is -2.47. The maximum absolute atomic E-state index is 14.0. The van der Waals surface area contributed by atoms with Gasteiger partial charge in [0.05, 0.1) is 0 Å². The predicted molar refractivity (Wildman–Crippen MR) is 140 cm³/mol. The summed E-state index contributed by atoms with van der Waals surface area (Å²) in [7, 11) is 0. The SMILES string of the molecule is O=C(Nc1ccccc1)NC1CCN(C(=O)CCc2c(-c3ccccc3)[nH]c3ccc(F)cc23)CC1. The van der Waals surface area contributed by atoms with Crippen molar-refractivity contribution in [3.63, 3.8) is 0 Å². The molecule has 2 heterocycles. The molecule has 1 aliphatic heterocycles. The van der Waals surface area contributed by atoms with Crippen molar-refractivity contribution < 1.29 is 14.0 Å². The Morgan fingerprint density at radius 1 is 0.944 bits per heavy atom. The van der Waals surface area contributed by atoms with Gasteiger partial charge in [-0.25, -0.2) is 9.18 Å². The van der Waals surface area contributed by atoms with E-state index in [1.807, 2.05) is 65.6 Å². The zero-order valence-electron chi connectivity index (χ0n) is 20.0. The Bertz CT molecular complexity index is 1350. The van der Waals surface area contributed by atoms with Gasteiger partial charge in [-0.1, -0.05) is 48.5 Å². The Morgan fingerprint density at radius 2 is 1.64 bits per heavy atom. The lowest BCUT2D eigenvalue weighted by atomic mass is 10.00. The zero-order valence-corrected chi connectivity index (χ0v) is 20.0. The number of urea groups is 1. The number of aryl methyl sites for hydroxylation is 1. The number of nitrogens with one attached hydrogen (secondary N) is 3. The van der Waals surface area contributed by atoms with Crippen molar-refractivity contribution in [3.8, 4) is 11.3 Å². The number of fused-ring (bicyclic) bond motifs is 1. The molecule has 4 aromatic rings. The first-order chi connectivity index (χ1) is 17.6. The number of H-pyrrole nitrogens is 1. The molecule has 3 N–H and O–H groups in total. The quantitative estimate of drug-likeness (QED) is 0.327. The number of anilines is 1. The average Bonchev–Trinajstić information content (AvgIpc) is 3.26. The third kappa shape index (κ3) is 5.40. The second-order valence-electron chi connectivity index (χ2n) is 9.15. The molecule has 36 heavy (non-hydrogen) atoms. The molecule has 0 radical (unpaired) electrons. The van der Waals surface area contributed by atoms with Gasteiger partial charge in [0.1, 0.15) is 5.82 Å². The van der Waals surface area contributed by atoms with Gasteiger partial charge in [0, 0.05) is 47.8 Å². The van der Waals surface area contributed by atoms with Crippen LogP contribution in [0.25, 0.3) is 22.2 Å². The van der Waals surface area contributed by atoms with Crippen LogP contribution >= 0.6 is 0 Å². The van der Waals surface area contributed by atoms with Crippen LogP contribution in [-0.2, 0) is 11.2 Å². The fraction of sp³-hybridized carbons (Fsp3) is 0.241. The first-order valence-corrected chi connectivity index (χ1v) is 12.3. The molecule has 5 rings (SSSR count). The highest BCUT2D eigenvalue weighted by molar-refractivity contribution is 5.92. The number of nitrogens with zero attached hydrogens (tertiary/aromatic N) is 1. The van der Waals surface area contributed by atoms with E-state index in [9.17, 15) is 14.0 Å². The van der Waals surface area contributed by atoms with Gasteiger partial charge in [0.15, 0.2) is 0 Å². The van der Waals surface area contributed by atoms with E-state index in [2.05, 4.69) is 15.6 Å². The maximum atomic E-state index is 14.0. The number of aromatic nitrogens is 1. The molecule has 0 atom stereocenters. The van der Waals surface area contributed by atoms with Crippen molar-refractivity contribution >= 4 is 28.5 Å². The topological polar surface area (TPSA) is 77.2 Å². The van der Waals surface area contributed by atoms with Gasteiger partial charge in [-0.3, -0.25) is 4.79 Å². The molecule has 0 aliphatic carbocycles. The summed E-state index contributed by atoms with van der Waals surface area (Å²) in [6.45, 7) is 1.20. The third-order valence-corrected chi connectivity index (χ3v) is 6.73. The molecule has 0 spiro atoms. The van der Waals surface area contributed by atoms with Crippen LogP contribution in [0.5, 0.6) is 0 Å². The van der Waals surface area contributed by atoms with Crippen molar-refractivity contribution in [2.75, 3.05) is 18.4 Å². The number of carbonyl (C=O) groups excluding carboxylic acids is 2. The number of likely N-dealkylation sites (tertiary alicyclic amines) is 1. The molecule has 184 valence electrons. The number of benzene rings is 3. The number of halogens is 1. The molecule has 3 aromatic carbocycles. The highest BCUT2D eigenvalue weighted by Crippen LogP contribution is 2.32. The van der Waals surface area contributed by atoms with Gasteiger partial charge in [-0.2, -0.15) is 0 Å². The van der Waals surface area contributed by atoms with E-state index in [1.165, 1.54) is 12.1 Å². The van der Waals surface area contributed by atoms with E-state index in [0.717, 1.165) is 33.4 Å². The summed E-state index contributed by atoms with van der Waals surface area (Å²) in [4.78, 5) is 30.6. The van der Waals surface area contributed by atoms with Crippen LogP contribution in [-0.4, -0.2) is 41.0 Å². The van der Waals surface area contributed by atoms with Gasteiger partial charge in [0.25, 0.3) is 0 Å². The van der Waals surface area contributed by atoms with Gasteiger partial charge in [-0.05, 0) is 60.7 Å². The summed E-state index contributed by atoms with van der Waals surface area (Å²) in [5.41, 5.74) is 4.50. The Morgan fingerprint density at radius 3 is 2.36 bits per heavy atom. The largest absolute Gasteiger partial charge is 0.354 e. The number of amides is 3. The molecule has 1 aromatic heterocycles. The lowest BCUT2D eigenvalue weighted by Gasteiger charge is -2.32. The Hall–Kier alpha value is -4.13. The highest BCUT2D eigenvalue weighted by Gasteiger charge is 2.24. The molecule has 0 saturated carbocycles. The minimum atomic E-state index is -0.292. The molecule has 0 unspecified atom stereocenters. The average molecular weight is 485 g/mol. The molecule has 0 bridgehead atoms. The van der Waals surface area contributed by atoms with Crippen LogP contribution in [0, 0.1) is 5.82 Å².